The monoisotopic (exact) mass is 316 g/mol. The average molecular weight is 316 g/mol. The molecule has 8 aliphatic carbocycles. The second-order valence-electron chi connectivity index (χ2n) is 9.57. The van der Waals surface area contributed by atoms with Crippen LogP contribution in [0.1, 0.15) is 72.9 Å². The maximum Gasteiger partial charge on any atom is 0.167 e. The van der Waals surface area contributed by atoms with Gasteiger partial charge in [0.2, 0.25) is 0 Å². The van der Waals surface area contributed by atoms with Crippen molar-refractivity contribution in [2.24, 2.45) is 23.2 Å². The van der Waals surface area contributed by atoms with Crippen molar-refractivity contribution in [3.8, 4) is 0 Å². The van der Waals surface area contributed by atoms with Crippen LogP contribution in [0.2, 0.25) is 0 Å². The van der Waals surface area contributed by atoms with Crippen molar-refractivity contribution in [1.82, 2.24) is 0 Å². The van der Waals surface area contributed by atoms with Gasteiger partial charge in [0.25, 0.3) is 0 Å². The lowest BCUT2D eigenvalue weighted by Crippen LogP contribution is -2.45. The molecule has 9 rings (SSSR count). The molecule has 0 N–H and O–H groups in total. The van der Waals surface area contributed by atoms with Gasteiger partial charge in [-0.3, -0.25) is 4.79 Å². The lowest BCUT2D eigenvalue weighted by atomic mass is 9.50. The number of rotatable bonds is 0. The highest BCUT2D eigenvalue weighted by Crippen LogP contribution is 2.74. The molecule has 0 aliphatic heterocycles. The molecule has 3 unspecified atom stereocenters. The number of fused-ring (bicyclic) bond motifs is 4. The topological polar surface area (TPSA) is 17.1 Å². The van der Waals surface area contributed by atoms with Crippen molar-refractivity contribution in [3.05, 3.63) is 46.0 Å². The molecule has 122 valence electrons. The molecule has 24 heavy (non-hydrogen) atoms. The molecule has 1 nitrogen and oxygen atoms in total. The standard InChI is InChI=1S/C23H24O/c24-21-16-2-1-3-17-15(16)4-5-18(21)23-11-8-14(12-23)20-19(23)13-6-9-22(17,20)10-7-13/h1-3,13-14,18H,4-12H2. The van der Waals surface area contributed by atoms with Gasteiger partial charge in [-0.05, 0) is 80.8 Å². The third-order valence-electron chi connectivity index (χ3n) is 9.17. The van der Waals surface area contributed by atoms with Gasteiger partial charge in [0.05, 0.1) is 0 Å². The number of benzene rings is 1. The molecular weight excluding hydrogens is 292 g/mol. The molecule has 2 saturated carbocycles. The van der Waals surface area contributed by atoms with Gasteiger partial charge in [0.1, 0.15) is 0 Å². The molecule has 0 heterocycles. The molecule has 2 spiro atoms. The van der Waals surface area contributed by atoms with Crippen LogP contribution in [0, 0.1) is 23.2 Å². The Bertz CT molecular complexity index is 851. The minimum Gasteiger partial charge on any atom is -0.294 e. The van der Waals surface area contributed by atoms with Crippen molar-refractivity contribution in [1.29, 1.82) is 0 Å². The number of carbonyl (C=O) groups excluding carboxylic acids is 1. The highest BCUT2D eigenvalue weighted by molar-refractivity contribution is 6.02. The minimum absolute atomic E-state index is 0.276. The molecule has 1 aromatic rings. The third-order valence-corrected chi connectivity index (χ3v) is 9.17. The first-order valence-corrected chi connectivity index (χ1v) is 10.2. The number of allylic oxidation sites excluding steroid dienone is 2. The Kier molecular flexibility index (Phi) is 2.01. The Balaban J connectivity index is 1.69. The van der Waals surface area contributed by atoms with E-state index in [9.17, 15) is 4.79 Å². The SMILES string of the molecule is O=C1c2cccc3c2CCC1C12CCC(C1)C1=C2C2CCC13CC2. The van der Waals surface area contributed by atoms with Crippen molar-refractivity contribution in [2.45, 2.75) is 63.2 Å². The first-order chi connectivity index (χ1) is 11.7. The van der Waals surface area contributed by atoms with E-state index in [-0.39, 0.29) is 5.41 Å². The highest BCUT2D eigenvalue weighted by atomic mass is 16.1. The molecule has 3 atom stereocenters. The van der Waals surface area contributed by atoms with E-state index < -0.39 is 0 Å². The summed E-state index contributed by atoms with van der Waals surface area (Å²) in [6, 6.07) is 6.76. The summed E-state index contributed by atoms with van der Waals surface area (Å²) in [5, 5.41) is 0. The minimum atomic E-state index is 0.276. The van der Waals surface area contributed by atoms with Crippen LogP contribution < -0.4 is 0 Å². The Morgan fingerprint density at radius 2 is 1.75 bits per heavy atom. The highest BCUT2D eigenvalue weighted by Gasteiger charge is 2.66. The summed E-state index contributed by atoms with van der Waals surface area (Å²) in [6.07, 6.45) is 11.8. The Labute approximate surface area is 143 Å². The van der Waals surface area contributed by atoms with Crippen LogP contribution in [0.5, 0.6) is 0 Å². The van der Waals surface area contributed by atoms with Gasteiger partial charge in [-0.25, -0.2) is 0 Å². The van der Waals surface area contributed by atoms with E-state index in [2.05, 4.69) is 18.2 Å². The van der Waals surface area contributed by atoms with Gasteiger partial charge in [0, 0.05) is 22.3 Å². The summed E-state index contributed by atoms with van der Waals surface area (Å²) in [5.74, 6) is 2.44. The molecule has 10 bridgehead atoms. The van der Waals surface area contributed by atoms with E-state index in [1.165, 1.54) is 50.5 Å². The largest absolute Gasteiger partial charge is 0.294 e. The summed E-state index contributed by atoms with van der Waals surface area (Å²) in [7, 11) is 0. The van der Waals surface area contributed by atoms with E-state index in [0.29, 0.717) is 17.1 Å². The summed E-state index contributed by atoms with van der Waals surface area (Å²) >= 11 is 0. The molecule has 0 aromatic heterocycles. The molecule has 1 aromatic carbocycles. The first-order valence-electron chi connectivity index (χ1n) is 10.2. The average Bonchev–Trinajstić information content (AvgIpc) is 3.21. The molecular formula is C23H24O. The van der Waals surface area contributed by atoms with Crippen LogP contribution in [0.15, 0.2) is 29.3 Å². The zero-order valence-electron chi connectivity index (χ0n) is 14.2. The van der Waals surface area contributed by atoms with Gasteiger partial charge >= 0.3 is 0 Å². The second-order valence-corrected chi connectivity index (χ2v) is 9.57. The Morgan fingerprint density at radius 1 is 0.917 bits per heavy atom. The van der Waals surface area contributed by atoms with Gasteiger partial charge in [-0.15, -0.1) is 0 Å². The summed E-state index contributed by atoms with van der Waals surface area (Å²) in [6.45, 7) is 0. The number of ketones is 1. The quantitative estimate of drug-likeness (QED) is 0.617. The molecule has 0 saturated heterocycles. The second kappa shape index (κ2) is 3.74. The fraction of sp³-hybridized carbons (Fsp3) is 0.609. The van der Waals surface area contributed by atoms with Crippen molar-refractivity contribution in [3.63, 3.8) is 0 Å². The third kappa shape index (κ3) is 1.11. The normalized spacial score (nSPS) is 46.3. The predicted molar refractivity (Wildman–Crippen MR) is 93.0 cm³/mol. The fourth-order valence-electron chi connectivity index (χ4n) is 8.59. The van der Waals surface area contributed by atoms with Crippen molar-refractivity contribution < 1.29 is 4.79 Å². The van der Waals surface area contributed by atoms with E-state index in [1.54, 1.807) is 5.56 Å². The lowest BCUT2D eigenvalue weighted by Gasteiger charge is -2.53. The molecule has 1 heteroatoms. The molecule has 0 amide bonds. The van der Waals surface area contributed by atoms with Crippen LogP contribution in [-0.4, -0.2) is 5.78 Å². The van der Waals surface area contributed by atoms with Gasteiger partial charge < -0.3 is 0 Å². The van der Waals surface area contributed by atoms with E-state index in [1.807, 2.05) is 11.1 Å². The summed E-state index contributed by atoms with van der Waals surface area (Å²) < 4.78 is 0. The van der Waals surface area contributed by atoms with Gasteiger partial charge in [-0.1, -0.05) is 29.3 Å². The molecule has 2 fully saturated rings. The zero-order chi connectivity index (χ0) is 15.7. The maximum absolute atomic E-state index is 13.6. The fourth-order valence-corrected chi connectivity index (χ4v) is 8.59. The first kappa shape index (κ1) is 12.9. The van der Waals surface area contributed by atoms with E-state index in [4.69, 9.17) is 0 Å². The zero-order valence-corrected chi connectivity index (χ0v) is 14.2. The van der Waals surface area contributed by atoms with Crippen LogP contribution in [0.4, 0.5) is 0 Å². The van der Waals surface area contributed by atoms with E-state index in [0.717, 1.165) is 30.2 Å². The van der Waals surface area contributed by atoms with Crippen LogP contribution in [0.25, 0.3) is 0 Å². The van der Waals surface area contributed by atoms with Crippen LogP contribution >= 0.6 is 0 Å². The van der Waals surface area contributed by atoms with E-state index >= 15 is 0 Å². The number of hydrogen-bond acceptors (Lipinski definition) is 1. The number of carbonyl (C=O) groups is 1. The Morgan fingerprint density at radius 3 is 2.62 bits per heavy atom. The summed E-state index contributed by atoms with van der Waals surface area (Å²) in [5.41, 5.74) is 8.48. The van der Waals surface area contributed by atoms with Crippen LogP contribution in [0.3, 0.4) is 0 Å². The Hall–Kier alpha value is -1.37. The number of Topliss-reactive ketones (excluding diaryl/α,β-unsaturated/α-hetero) is 1. The van der Waals surface area contributed by atoms with Crippen molar-refractivity contribution >= 4 is 5.78 Å². The van der Waals surface area contributed by atoms with Crippen molar-refractivity contribution in [2.75, 3.05) is 0 Å². The van der Waals surface area contributed by atoms with Gasteiger partial charge in [0.15, 0.2) is 5.78 Å². The summed E-state index contributed by atoms with van der Waals surface area (Å²) in [4.78, 5) is 13.6. The van der Waals surface area contributed by atoms with Crippen LogP contribution in [-0.2, 0) is 11.8 Å². The number of hydrogen-bond donors (Lipinski definition) is 0. The molecule has 8 aliphatic rings. The molecule has 0 radical (unpaired) electrons. The predicted octanol–water partition coefficient (Wildman–Crippen LogP) is 4.98. The lowest BCUT2D eigenvalue weighted by molar-refractivity contribution is 0.0748. The van der Waals surface area contributed by atoms with Gasteiger partial charge in [-0.2, -0.15) is 0 Å². The smallest absolute Gasteiger partial charge is 0.167 e. The maximum atomic E-state index is 13.6.